The number of phosphoric acid groups is 1. The summed E-state index contributed by atoms with van der Waals surface area (Å²) in [5.41, 5.74) is 0. The lowest BCUT2D eigenvalue weighted by Gasteiger charge is -2.49. The molecular formula is C74H135O24P. The van der Waals surface area contributed by atoms with Crippen molar-refractivity contribution in [1.82, 2.24) is 0 Å². The summed E-state index contributed by atoms with van der Waals surface area (Å²) in [6, 6.07) is 0. The topological polar surface area (TPSA) is 374 Å². The molecule has 1 saturated carbocycles. The molecule has 24 nitrogen and oxygen atoms in total. The van der Waals surface area contributed by atoms with Crippen LogP contribution in [0.2, 0.25) is 0 Å². The molecule has 0 radical (unpaired) electrons. The number of aliphatic hydroxyl groups excluding tert-OH is 10. The molecule has 18 unspecified atom stereocenters. The highest BCUT2D eigenvalue weighted by Crippen LogP contribution is 2.49. The molecule has 0 amide bonds. The molecule has 3 fully saturated rings. The number of rotatable bonds is 60. The molecule has 580 valence electrons. The molecular weight excluding hydrogens is 1300 g/mol. The Hall–Kier alpha value is -2.56. The third-order valence-corrected chi connectivity index (χ3v) is 19.9. The van der Waals surface area contributed by atoms with Gasteiger partial charge in [-0.1, -0.05) is 231 Å². The molecule has 0 aromatic rings. The van der Waals surface area contributed by atoms with E-state index in [9.17, 15) is 74.9 Å². The normalized spacial score (nSPS) is 27.6. The van der Waals surface area contributed by atoms with Gasteiger partial charge in [0, 0.05) is 19.3 Å². The van der Waals surface area contributed by atoms with Crippen LogP contribution in [0.1, 0.15) is 297 Å². The minimum atomic E-state index is -5.70. The van der Waals surface area contributed by atoms with Crippen LogP contribution in [0.5, 0.6) is 0 Å². The molecule has 25 heteroatoms. The van der Waals surface area contributed by atoms with Crippen molar-refractivity contribution in [3.8, 4) is 0 Å². The zero-order chi connectivity index (χ0) is 72.5. The standard InChI is InChI=1S/C74H135O24P/c1-4-7-10-13-16-19-22-25-28-31-34-37-40-43-46-49-59(77)91-54-57-62(80)64(82)69(87)74(95-57)97-71-67(85)65(83)66(84)70(96-73-68(86)63(81)61(79)56(51-75)94-73)72(71)98-99(88,89)92-53-55(52-90-58(76)48-45-42-39-36-33-30-27-24-21-18-15-12-9-6-3)93-60(78)50-47-44-41-38-35-32-29-26-23-20-17-14-11-8-5-2/h19-20,22-23,55-57,61-75,79-87H,4-18,21,24-54H2,1-3H3,(H,88,89)/b22-19-,23-20-. The second-order valence-electron chi connectivity index (χ2n) is 27.7. The van der Waals surface area contributed by atoms with Crippen LogP contribution in [0, 0.1) is 0 Å². The molecule has 2 aliphatic heterocycles. The first-order chi connectivity index (χ1) is 47.8. The Kier molecular flexibility index (Phi) is 51.2. The molecule has 0 bridgehead atoms. The lowest BCUT2D eigenvalue weighted by atomic mass is 9.84. The number of esters is 3. The highest BCUT2D eigenvalue weighted by Gasteiger charge is 2.58. The minimum Gasteiger partial charge on any atom is -0.463 e. The number of unbranched alkanes of at least 4 members (excludes halogenated alkanes) is 35. The van der Waals surface area contributed by atoms with Crippen LogP contribution in [-0.2, 0) is 61.2 Å². The highest BCUT2D eigenvalue weighted by atomic mass is 31.2. The number of allylic oxidation sites excluding steroid dienone is 4. The van der Waals surface area contributed by atoms with E-state index in [2.05, 4.69) is 45.1 Å². The molecule has 2 saturated heterocycles. The predicted molar refractivity (Wildman–Crippen MR) is 374 cm³/mol. The van der Waals surface area contributed by atoms with Gasteiger partial charge in [-0.05, 0) is 70.6 Å². The summed E-state index contributed by atoms with van der Waals surface area (Å²) in [6.07, 6.45) is 16.6. The summed E-state index contributed by atoms with van der Waals surface area (Å²) < 4.78 is 65.1. The highest BCUT2D eigenvalue weighted by molar-refractivity contribution is 7.47. The zero-order valence-corrected chi connectivity index (χ0v) is 61.4. The van der Waals surface area contributed by atoms with Crippen LogP contribution in [0.3, 0.4) is 0 Å². The average Bonchev–Trinajstić information content (AvgIpc) is 0.763. The molecule has 18 atom stereocenters. The number of hydrogen-bond donors (Lipinski definition) is 11. The van der Waals surface area contributed by atoms with Gasteiger partial charge < -0.3 is 89.1 Å². The molecule has 99 heavy (non-hydrogen) atoms. The Morgan fingerprint density at radius 3 is 1.10 bits per heavy atom. The van der Waals surface area contributed by atoms with Gasteiger partial charge in [-0.25, -0.2) is 4.57 Å². The molecule has 0 aromatic carbocycles. The van der Waals surface area contributed by atoms with Crippen molar-refractivity contribution in [3.63, 3.8) is 0 Å². The fourth-order valence-corrected chi connectivity index (χ4v) is 13.6. The second kappa shape index (κ2) is 55.9. The smallest absolute Gasteiger partial charge is 0.463 e. The van der Waals surface area contributed by atoms with Gasteiger partial charge >= 0.3 is 25.7 Å². The fourth-order valence-electron chi connectivity index (χ4n) is 12.6. The predicted octanol–water partition coefficient (Wildman–Crippen LogP) is 10.9. The molecule has 0 spiro atoms. The van der Waals surface area contributed by atoms with E-state index in [0.29, 0.717) is 19.3 Å². The Labute approximate surface area is 592 Å². The zero-order valence-electron chi connectivity index (χ0n) is 60.5. The number of phosphoric ester groups is 1. The van der Waals surface area contributed by atoms with E-state index in [1.54, 1.807) is 0 Å². The quantitative estimate of drug-likeness (QED) is 0.00886. The Bertz CT molecular complexity index is 2140. The SMILES string of the molecule is CCCCCC/C=C\CCCCCCCCCC(=O)OCC1OC(OC2C(O)C(O)C(O)C(OC3OC(CO)C(O)C(O)C3O)C2OP(=O)(O)OCC(COC(=O)CCCCCCCCCCCCCCCC)OC(=O)CCCCCCCCC/C=C\CCCCCC)C(O)C(O)C1O. The number of carbonyl (C=O) groups excluding carboxylic acids is 3. The van der Waals surface area contributed by atoms with Crippen molar-refractivity contribution < 1.29 is 117 Å². The summed E-state index contributed by atoms with van der Waals surface area (Å²) in [5.74, 6) is -1.99. The minimum absolute atomic E-state index is 0.0235. The summed E-state index contributed by atoms with van der Waals surface area (Å²) in [7, 11) is -5.70. The van der Waals surface area contributed by atoms with E-state index < -0.39 is 156 Å². The molecule has 2 heterocycles. The van der Waals surface area contributed by atoms with Gasteiger partial charge in [0.2, 0.25) is 0 Å². The van der Waals surface area contributed by atoms with Crippen molar-refractivity contribution in [2.24, 2.45) is 0 Å². The monoisotopic (exact) mass is 1440 g/mol. The van der Waals surface area contributed by atoms with E-state index in [4.69, 9.17) is 42.2 Å². The first-order valence-corrected chi connectivity index (χ1v) is 40.1. The molecule has 1 aliphatic carbocycles. The van der Waals surface area contributed by atoms with Gasteiger partial charge in [-0.2, -0.15) is 0 Å². The first kappa shape index (κ1) is 90.7. The summed E-state index contributed by atoms with van der Waals surface area (Å²) in [5, 5.41) is 110. The Morgan fingerprint density at radius 2 is 0.707 bits per heavy atom. The average molecular weight is 1440 g/mol. The van der Waals surface area contributed by atoms with Crippen molar-refractivity contribution >= 4 is 25.7 Å². The molecule has 11 N–H and O–H groups in total. The van der Waals surface area contributed by atoms with E-state index in [1.807, 2.05) is 0 Å². The molecule has 0 aromatic heterocycles. The number of hydrogen-bond acceptors (Lipinski definition) is 23. The van der Waals surface area contributed by atoms with E-state index in [-0.39, 0.29) is 19.3 Å². The third kappa shape index (κ3) is 38.9. The maximum atomic E-state index is 14.3. The number of carbonyl (C=O) groups is 3. The maximum Gasteiger partial charge on any atom is 0.472 e. The van der Waals surface area contributed by atoms with Crippen LogP contribution in [0.15, 0.2) is 24.3 Å². The van der Waals surface area contributed by atoms with Crippen molar-refractivity contribution in [1.29, 1.82) is 0 Å². The van der Waals surface area contributed by atoms with Gasteiger partial charge in [0.25, 0.3) is 0 Å². The number of aliphatic hydroxyl groups is 10. The van der Waals surface area contributed by atoms with Gasteiger partial charge in [-0.15, -0.1) is 0 Å². The third-order valence-electron chi connectivity index (χ3n) is 19.0. The largest absolute Gasteiger partial charge is 0.472 e. The van der Waals surface area contributed by atoms with Gasteiger partial charge in [0.05, 0.1) is 13.2 Å². The lowest BCUT2D eigenvalue weighted by Crippen LogP contribution is -2.69. The summed E-state index contributed by atoms with van der Waals surface area (Å²) >= 11 is 0. The van der Waals surface area contributed by atoms with E-state index in [0.717, 1.165) is 135 Å². The van der Waals surface area contributed by atoms with Crippen molar-refractivity contribution in [3.05, 3.63) is 24.3 Å². The van der Waals surface area contributed by atoms with E-state index in [1.165, 1.54) is 103 Å². The van der Waals surface area contributed by atoms with Crippen LogP contribution >= 0.6 is 7.82 Å². The van der Waals surface area contributed by atoms with Gasteiger partial charge in [0.1, 0.15) is 98.7 Å². The number of ether oxygens (including phenoxy) is 7. The van der Waals surface area contributed by atoms with Crippen LogP contribution < -0.4 is 0 Å². The van der Waals surface area contributed by atoms with Gasteiger partial charge in [-0.3, -0.25) is 23.4 Å². The first-order valence-electron chi connectivity index (χ1n) is 38.6. The van der Waals surface area contributed by atoms with E-state index >= 15 is 0 Å². The molecule has 3 aliphatic rings. The molecule has 3 rings (SSSR count). The van der Waals surface area contributed by atoms with Crippen molar-refractivity contribution in [2.45, 2.75) is 401 Å². The van der Waals surface area contributed by atoms with Crippen molar-refractivity contribution in [2.75, 3.05) is 26.4 Å². The Morgan fingerprint density at radius 1 is 0.384 bits per heavy atom. The fraction of sp³-hybridized carbons (Fsp3) is 0.905. The Balaban J connectivity index is 1.73. The van der Waals surface area contributed by atoms with Crippen LogP contribution in [0.25, 0.3) is 0 Å². The van der Waals surface area contributed by atoms with Gasteiger partial charge in [0.15, 0.2) is 18.7 Å². The maximum absolute atomic E-state index is 14.3. The second-order valence-corrected chi connectivity index (χ2v) is 29.1. The summed E-state index contributed by atoms with van der Waals surface area (Å²) in [4.78, 5) is 51.0. The van der Waals surface area contributed by atoms with Crippen LogP contribution in [-0.4, -0.2) is 204 Å². The van der Waals surface area contributed by atoms with Crippen LogP contribution in [0.4, 0.5) is 0 Å². The summed E-state index contributed by atoms with van der Waals surface area (Å²) in [6.45, 7) is 3.43. The lowest BCUT2D eigenvalue weighted by molar-refractivity contribution is -0.360.